The molecule has 64 heavy (non-hydrogen) atoms. The number of hydroxylamine groups is 2. The average Bonchev–Trinajstić information content (AvgIpc) is 3.77. The second-order valence-corrected chi connectivity index (χ2v) is 18.2. The van der Waals surface area contributed by atoms with E-state index < -0.39 is 115 Å². The fourth-order valence-corrected chi connectivity index (χ4v) is 8.93. The van der Waals surface area contributed by atoms with Gasteiger partial charge in [0.05, 0.1) is 25.3 Å². The van der Waals surface area contributed by atoms with Gasteiger partial charge in [-0.15, -0.1) is 0 Å². The lowest BCUT2D eigenvalue weighted by Crippen LogP contribution is -2.71. The number of rotatable bonds is 22. The smallest absolute Gasteiger partial charge is 0.422 e. The molecule has 5 rings (SSSR count). The first kappa shape index (κ1) is 50.9. The zero-order valence-electron chi connectivity index (χ0n) is 37.4. The van der Waals surface area contributed by atoms with Gasteiger partial charge < -0.3 is 44.5 Å². The fourth-order valence-electron chi connectivity index (χ4n) is 8.93. The highest BCUT2D eigenvalue weighted by Crippen LogP contribution is 2.58. The highest BCUT2D eigenvalue weighted by atomic mass is 19.4. The lowest BCUT2D eigenvalue weighted by atomic mass is 9.62. The summed E-state index contributed by atoms with van der Waals surface area (Å²) in [5.41, 5.74) is -1.73. The van der Waals surface area contributed by atoms with Crippen LogP contribution in [0.15, 0.2) is 30.3 Å². The number of hydrogen-bond acceptors (Lipinski definition) is 14. The van der Waals surface area contributed by atoms with E-state index in [4.69, 9.17) is 23.8 Å². The van der Waals surface area contributed by atoms with E-state index in [1.165, 1.54) is 18.1 Å². The van der Waals surface area contributed by atoms with E-state index in [-0.39, 0.29) is 25.8 Å². The molecule has 4 fully saturated rings. The Morgan fingerprint density at radius 2 is 1.66 bits per heavy atom. The van der Waals surface area contributed by atoms with Gasteiger partial charge in [-0.2, -0.15) is 18.2 Å². The van der Waals surface area contributed by atoms with Gasteiger partial charge in [0.25, 0.3) is 0 Å². The Labute approximate surface area is 371 Å². The second kappa shape index (κ2) is 21.4. The SMILES string of the molecule is CCCCCC1(CCCCC)O[C@@H]2[C@H](O1)[C@H]1ON(Cc3ccccc3C=CC(=O)OCC(F)(F)F)[C@@H]3C(=O)O[C@@H]2C[C@]13C(=O)N[C@@H](C(=O)N[C@H](CO)CCC(=O)OC(C)(C)C)[C@H](C)O. The minimum atomic E-state index is -4.72. The maximum Gasteiger partial charge on any atom is 0.422 e. The molecule has 1 saturated carbocycles. The molecule has 1 aromatic rings. The van der Waals surface area contributed by atoms with Crippen LogP contribution in [-0.2, 0) is 59.0 Å². The van der Waals surface area contributed by atoms with Crippen LogP contribution in [0, 0.1) is 5.41 Å². The molecule has 0 spiro atoms. The number of ether oxygens (including phenoxy) is 5. The Kier molecular flexibility index (Phi) is 17.0. The average molecular weight is 912 g/mol. The van der Waals surface area contributed by atoms with Crippen molar-refractivity contribution >= 4 is 35.8 Å². The number of amides is 2. The number of fused-ring (bicyclic) bond motifs is 4. The number of aliphatic hydroxyl groups is 2. The van der Waals surface area contributed by atoms with Crippen molar-refractivity contribution in [2.75, 3.05) is 13.2 Å². The van der Waals surface area contributed by atoms with Crippen LogP contribution in [0.3, 0.4) is 0 Å². The molecular weight excluding hydrogens is 847 g/mol. The van der Waals surface area contributed by atoms with Crippen LogP contribution < -0.4 is 10.6 Å². The molecule has 0 unspecified atom stereocenters. The fraction of sp³-hybridized carbons (Fsp3) is 0.711. The first-order valence-corrected chi connectivity index (χ1v) is 22.3. The van der Waals surface area contributed by atoms with Crippen LogP contribution >= 0.6 is 0 Å². The van der Waals surface area contributed by atoms with Crippen LogP contribution in [0.1, 0.15) is 123 Å². The van der Waals surface area contributed by atoms with Crippen molar-refractivity contribution in [2.24, 2.45) is 5.41 Å². The summed E-state index contributed by atoms with van der Waals surface area (Å²) < 4.78 is 67.6. The summed E-state index contributed by atoms with van der Waals surface area (Å²) in [7, 11) is 0. The second-order valence-electron chi connectivity index (χ2n) is 18.2. The van der Waals surface area contributed by atoms with Crippen molar-refractivity contribution in [3.63, 3.8) is 0 Å². The molecule has 9 atom stereocenters. The van der Waals surface area contributed by atoms with E-state index in [1.54, 1.807) is 45.0 Å². The van der Waals surface area contributed by atoms with Gasteiger partial charge in [-0.25, -0.2) is 4.79 Å². The molecule has 1 aliphatic carbocycles. The maximum atomic E-state index is 15.1. The van der Waals surface area contributed by atoms with Gasteiger partial charge in [0.1, 0.15) is 41.5 Å². The van der Waals surface area contributed by atoms with E-state index in [2.05, 4.69) is 29.2 Å². The molecule has 16 nitrogen and oxygen atoms in total. The zero-order valence-corrected chi connectivity index (χ0v) is 37.4. The summed E-state index contributed by atoms with van der Waals surface area (Å²) in [5, 5.41) is 27.7. The van der Waals surface area contributed by atoms with Gasteiger partial charge in [-0.3, -0.25) is 24.0 Å². The number of nitrogens with zero attached hydrogens (tertiary/aromatic N) is 1. The molecule has 3 saturated heterocycles. The van der Waals surface area contributed by atoms with E-state index in [9.17, 15) is 42.6 Å². The molecule has 3 aliphatic heterocycles. The molecule has 1 aromatic carbocycles. The number of halogens is 3. The molecule has 3 heterocycles. The van der Waals surface area contributed by atoms with Crippen molar-refractivity contribution in [3.05, 3.63) is 41.5 Å². The summed E-state index contributed by atoms with van der Waals surface area (Å²) in [6.45, 7) is 8.04. The van der Waals surface area contributed by atoms with Crippen LogP contribution in [0.2, 0.25) is 0 Å². The number of carbonyl (C=O) groups excluding carboxylic acids is 5. The summed E-state index contributed by atoms with van der Waals surface area (Å²) in [5.74, 6) is -5.36. The van der Waals surface area contributed by atoms with Gasteiger partial charge in [0, 0.05) is 31.8 Å². The molecule has 2 amide bonds. The molecule has 19 heteroatoms. The normalized spacial score (nSPS) is 26.4. The Morgan fingerprint density at radius 1 is 1.00 bits per heavy atom. The lowest BCUT2D eigenvalue weighted by molar-refractivity contribution is -0.224. The number of esters is 3. The number of carbonyl (C=O) groups is 5. The summed E-state index contributed by atoms with van der Waals surface area (Å²) in [4.78, 5) is 74.6. The number of aliphatic hydroxyl groups excluding tert-OH is 2. The van der Waals surface area contributed by atoms with E-state index in [0.717, 1.165) is 44.6 Å². The third-order valence-electron chi connectivity index (χ3n) is 11.9. The summed E-state index contributed by atoms with van der Waals surface area (Å²) in [6.07, 6.45) is -1.97. The van der Waals surface area contributed by atoms with Gasteiger partial charge in [0.15, 0.2) is 18.4 Å². The Bertz CT molecular complexity index is 1830. The van der Waals surface area contributed by atoms with Crippen molar-refractivity contribution in [2.45, 2.75) is 185 Å². The number of alkyl halides is 3. The number of nitrogens with one attached hydrogen (secondary N) is 2. The quantitative estimate of drug-likeness (QED) is 0.0538. The van der Waals surface area contributed by atoms with Gasteiger partial charge in [-0.1, -0.05) is 63.8 Å². The van der Waals surface area contributed by atoms with Gasteiger partial charge >= 0.3 is 24.1 Å². The minimum absolute atomic E-state index is 0.00783. The molecular formula is C45H64F3N3O13. The predicted octanol–water partition coefficient (Wildman–Crippen LogP) is 4.71. The highest BCUT2D eigenvalue weighted by molar-refractivity contribution is 5.96. The number of benzene rings is 1. The van der Waals surface area contributed by atoms with E-state index in [1.807, 2.05) is 0 Å². The largest absolute Gasteiger partial charge is 0.460 e. The third kappa shape index (κ3) is 12.4. The van der Waals surface area contributed by atoms with Crippen LogP contribution in [0.25, 0.3) is 6.08 Å². The monoisotopic (exact) mass is 911 g/mol. The van der Waals surface area contributed by atoms with Crippen LogP contribution in [0.5, 0.6) is 0 Å². The Balaban J connectivity index is 1.48. The third-order valence-corrected chi connectivity index (χ3v) is 11.9. The summed E-state index contributed by atoms with van der Waals surface area (Å²) in [6, 6.07) is 2.54. The van der Waals surface area contributed by atoms with E-state index >= 15 is 4.79 Å². The van der Waals surface area contributed by atoms with Gasteiger partial charge in [0.2, 0.25) is 11.8 Å². The molecule has 4 aliphatic rings. The zero-order chi connectivity index (χ0) is 47.0. The Morgan fingerprint density at radius 3 is 2.27 bits per heavy atom. The molecule has 4 N–H and O–H groups in total. The molecule has 0 radical (unpaired) electrons. The van der Waals surface area contributed by atoms with Crippen molar-refractivity contribution in [1.29, 1.82) is 0 Å². The molecule has 358 valence electrons. The molecule has 2 bridgehead atoms. The number of hydrogen-bond donors (Lipinski definition) is 4. The number of unbranched alkanes of at least 4 members (excludes halogenated alkanes) is 4. The first-order valence-electron chi connectivity index (χ1n) is 22.3. The highest BCUT2D eigenvalue weighted by Gasteiger charge is 2.76. The maximum absolute atomic E-state index is 15.1. The molecule has 0 aromatic heterocycles. The van der Waals surface area contributed by atoms with Gasteiger partial charge in [-0.05, 0) is 64.2 Å². The summed E-state index contributed by atoms with van der Waals surface area (Å²) >= 11 is 0. The standard InChI is InChI=1S/C45H64F3N3O13/c1-7-9-13-21-43(22-14-10-8-2)62-35-31-23-44(41(58)50-34(27(3)53)39(56)49-30(25-52)18-20-33(55)61-42(4,5)6)37(40(57)60-31)51(64-38(44)36(35)63-43)24-29-16-12-11-15-28(29)17-19-32(54)59-26-45(46,47)48/h11-12,15-17,19,27,30-31,34-38,52-53H,7-10,13-14,18,20-26H2,1-6H3,(H,49,56)(H,50,58)/t27-,30-,31+,34+,35-,36-,37+,38+,44+/m0/s1. The minimum Gasteiger partial charge on any atom is -0.460 e. The van der Waals surface area contributed by atoms with Crippen molar-refractivity contribution in [3.8, 4) is 0 Å². The Hall–Kier alpha value is -4.14. The van der Waals surface area contributed by atoms with Crippen LogP contribution in [0.4, 0.5) is 13.2 Å². The van der Waals surface area contributed by atoms with Crippen LogP contribution in [-0.4, -0.2) is 124 Å². The van der Waals surface area contributed by atoms with Crippen molar-refractivity contribution in [1.82, 2.24) is 15.7 Å². The predicted molar refractivity (Wildman–Crippen MR) is 222 cm³/mol. The van der Waals surface area contributed by atoms with E-state index in [0.29, 0.717) is 24.0 Å². The topological polar surface area (TPSA) is 208 Å². The van der Waals surface area contributed by atoms with Crippen molar-refractivity contribution < 1.29 is 75.9 Å². The lowest BCUT2D eigenvalue weighted by Gasteiger charge is -2.49. The first-order chi connectivity index (χ1) is 30.2.